The number of piperidine rings is 1. The number of ether oxygens (including phenoxy) is 2. The van der Waals surface area contributed by atoms with Crippen molar-refractivity contribution in [3.05, 3.63) is 29.3 Å². The summed E-state index contributed by atoms with van der Waals surface area (Å²) in [6, 6.07) is 5.32. The Morgan fingerprint density at radius 3 is 2.73 bits per heavy atom. The first kappa shape index (κ1) is 22.3. The SMILES string of the molecule is CC1(CN[C@@H]2CCCCC[C@H]2Oc2ccc3c(c2)CN(C2CCC(=O)NC2=O)C3=O)COC1. The van der Waals surface area contributed by atoms with Gasteiger partial charge in [0.15, 0.2) is 0 Å². The van der Waals surface area contributed by atoms with Gasteiger partial charge in [-0.3, -0.25) is 19.7 Å². The maximum Gasteiger partial charge on any atom is 0.255 e. The fourth-order valence-electron chi connectivity index (χ4n) is 5.38. The minimum atomic E-state index is -0.598. The van der Waals surface area contributed by atoms with Crippen LogP contribution in [0.1, 0.15) is 67.8 Å². The van der Waals surface area contributed by atoms with Crippen LogP contribution in [0.25, 0.3) is 0 Å². The number of fused-ring (bicyclic) bond motifs is 1. The Morgan fingerprint density at radius 1 is 1.15 bits per heavy atom. The molecule has 3 amide bonds. The predicted octanol–water partition coefficient (Wildman–Crippen LogP) is 2.15. The molecule has 3 aliphatic heterocycles. The first-order valence-corrected chi connectivity index (χ1v) is 12.2. The molecule has 3 atom stereocenters. The van der Waals surface area contributed by atoms with E-state index in [1.165, 1.54) is 12.8 Å². The van der Waals surface area contributed by atoms with Crippen molar-refractivity contribution in [2.45, 2.75) is 76.6 Å². The number of nitrogens with one attached hydrogen (secondary N) is 2. The van der Waals surface area contributed by atoms with E-state index < -0.39 is 6.04 Å². The van der Waals surface area contributed by atoms with Crippen LogP contribution in [0.2, 0.25) is 0 Å². The van der Waals surface area contributed by atoms with Crippen LogP contribution in [0.5, 0.6) is 5.75 Å². The van der Waals surface area contributed by atoms with Gasteiger partial charge in [0, 0.05) is 36.5 Å². The molecule has 0 spiro atoms. The van der Waals surface area contributed by atoms with Crippen LogP contribution in [-0.4, -0.2) is 60.6 Å². The number of nitrogens with zero attached hydrogens (tertiary/aromatic N) is 1. The van der Waals surface area contributed by atoms with Crippen LogP contribution in [0, 0.1) is 5.41 Å². The Bertz CT molecular complexity index is 944. The van der Waals surface area contributed by atoms with Gasteiger partial charge in [-0.1, -0.05) is 19.8 Å². The van der Waals surface area contributed by atoms with Crippen LogP contribution in [0.4, 0.5) is 0 Å². The molecule has 1 unspecified atom stereocenters. The third-order valence-electron chi connectivity index (χ3n) is 7.43. The molecular formula is C25H33N3O5. The molecule has 0 radical (unpaired) electrons. The van der Waals surface area contributed by atoms with Crippen molar-refractivity contribution in [3.63, 3.8) is 0 Å². The molecule has 1 aliphatic carbocycles. The summed E-state index contributed by atoms with van der Waals surface area (Å²) in [7, 11) is 0. The van der Waals surface area contributed by atoms with Crippen LogP contribution < -0.4 is 15.4 Å². The van der Waals surface area contributed by atoms with Crippen molar-refractivity contribution in [2.24, 2.45) is 5.41 Å². The van der Waals surface area contributed by atoms with E-state index in [0.29, 0.717) is 24.6 Å². The average Bonchev–Trinajstić information content (AvgIpc) is 2.93. The zero-order chi connectivity index (χ0) is 23.0. The Balaban J connectivity index is 1.26. The van der Waals surface area contributed by atoms with E-state index in [2.05, 4.69) is 17.6 Å². The Labute approximate surface area is 194 Å². The van der Waals surface area contributed by atoms with Gasteiger partial charge in [0.1, 0.15) is 17.9 Å². The van der Waals surface area contributed by atoms with Gasteiger partial charge in [-0.05, 0) is 49.4 Å². The van der Waals surface area contributed by atoms with Gasteiger partial charge in [0.05, 0.1) is 13.2 Å². The Kier molecular flexibility index (Phi) is 6.14. The van der Waals surface area contributed by atoms with E-state index in [9.17, 15) is 14.4 Å². The Hall–Kier alpha value is -2.45. The lowest BCUT2D eigenvalue weighted by molar-refractivity contribution is -0.136. The standard InChI is InChI=1S/C25H33N3O5/c1-25(14-32-15-25)13-26-19-5-3-2-4-6-21(19)33-17-7-8-18-16(11-17)12-28(24(18)31)20-9-10-22(29)27-23(20)30/h7-8,11,19-21,26H,2-6,9-10,12-15H2,1H3,(H,27,29,30)/t19-,20?,21-/m1/s1. The van der Waals surface area contributed by atoms with Gasteiger partial charge in [-0.15, -0.1) is 0 Å². The molecule has 5 rings (SSSR count). The smallest absolute Gasteiger partial charge is 0.255 e. The molecule has 4 aliphatic rings. The number of carbonyl (C=O) groups is 3. The zero-order valence-electron chi connectivity index (χ0n) is 19.2. The Morgan fingerprint density at radius 2 is 1.97 bits per heavy atom. The van der Waals surface area contributed by atoms with Gasteiger partial charge in [-0.2, -0.15) is 0 Å². The molecule has 2 saturated heterocycles. The summed E-state index contributed by atoms with van der Waals surface area (Å²) < 4.78 is 11.9. The van der Waals surface area contributed by atoms with E-state index in [-0.39, 0.29) is 35.7 Å². The molecular weight excluding hydrogens is 422 g/mol. The van der Waals surface area contributed by atoms with Gasteiger partial charge in [0.25, 0.3) is 5.91 Å². The zero-order valence-corrected chi connectivity index (χ0v) is 19.2. The molecule has 1 aromatic carbocycles. The largest absolute Gasteiger partial charge is 0.489 e. The second-order valence-corrected chi connectivity index (χ2v) is 10.3. The normalized spacial score (nSPS) is 29.2. The van der Waals surface area contributed by atoms with Crippen molar-refractivity contribution in [2.75, 3.05) is 19.8 Å². The lowest BCUT2D eigenvalue weighted by Crippen LogP contribution is -2.52. The van der Waals surface area contributed by atoms with Gasteiger partial charge in [-0.25, -0.2) is 0 Å². The van der Waals surface area contributed by atoms with Crippen molar-refractivity contribution in [1.29, 1.82) is 0 Å². The highest BCUT2D eigenvalue weighted by molar-refractivity contribution is 6.05. The molecule has 1 aromatic rings. The van der Waals surface area contributed by atoms with Crippen LogP contribution in [-0.2, 0) is 20.9 Å². The maximum atomic E-state index is 12.9. The van der Waals surface area contributed by atoms with E-state index >= 15 is 0 Å². The van der Waals surface area contributed by atoms with Crippen LogP contribution in [0.15, 0.2) is 18.2 Å². The van der Waals surface area contributed by atoms with Gasteiger partial charge >= 0.3 is 0 Å². The predicted molar refractivity (Wildman–Crippen MR) is 121 cm³/mol. The highest BCUT2D eigenvalue weighted by Gasteiger charge is 2.39. The third-order valence-corrected chi connectivity index (χ3v) is 7.43. The summed E-state index contributed by atoms with van der Waals surface area (Å²) in [6.07, 6.45) is 6.37. The van der Waals surface area contributed by atoms with Gasteiger partial charge < -0.3 is 19.7 Å². The summed E-state index contributed by atoms with van der Waals surface area (Å²) >= 11 is 0. The average molecular weight is 456 g/mol. The first-order chi connectivity index (χ1) is 15.9. The molecule has 0 aromatic heterocycles. The minimum absolute atomic E-state index is 0.0819. The topological polar surface area (TPSA) is 97.0 Å². The van der Waals surface area contributed by atoms with Crippen molar-refractivity contribution < 1.29 is 23.9 Å². The van der Waals surface area contributed by atoms with Crippen LogP contribution in [0.3, 0.4) is 0 Å². The number of carbonyl (C=O) groups excluding carboxylic acids is 3. The fraction of sp³-hybridized carbons (Fsp3) is 0.640. The van der Waals surface area contributed by atoms with E-state index in [0.717, 1.165) is 50.3 Å². The molecule has 0 bridgehead atoms. The molecule has 1 saturated carbocycles. The lowest BCUT2D eigenvalue weighted by atomic mass is 9.88. The van der Waals surface area contributed by atoms with E-state index in [1.54, 1.807) is 4.90 Å². The first-order valence-electron chi connectivity index (χ1n) is 12.2. The molecule has 8 nitrogen and oxygen atoms in total. The third kappa shape index (κ3) is 4.64. The number of benzene rings is 1. The highest BCUT2D eigenvalue weighted by atomic mass is 16.5. The minimum Gasteiger partial charge on any atom is -0.489 e. The van der Waals surface area contributed by atoms with E-state index in [4.69, 9.17) is 9.47 Å². The summed E-state index contributed by atoms with van der Waals surface area (Å²) in [5, 5.41) is 6.10. The van der Waals surface area contributed by atoms with Crippen LogP contribution >= 0.6 is 0 Å². The second-order valence-electron chi connectivity index (χ2n) is 10.3. The summed E-state index contributed by atoms with van der Waals surface area (Å²) in [5.41, 5.74) is 1.70. The van der Waals surface area contributed by atoms with Crippen molar-refractivity contribution in [1.82, 2.24) is 15.5 Å². The lowest BCUT2D eigenvalue weighted by Gasteiger charge is -2.40. The number of imide groups is 1. The second kappa shape index (κ2) is 9.06. The molecule has 2 N–H and O–H groups in total. The number of hydrogen-bond donors (Lipinski definition) is 2. The van der Waals surface area contributed by atoms with E-state index in [1.807, 2.05) is 18.2 Å². The number of hydrogen-bond acceptors (Lipinski definition) is 6. The highest BCUT2D eigenvalue weighted by Crippen LogP contribution is 2.32. The molecule has 3 heterocycles. The number of amides is 3. The number of rotatable bonds is 6. The molecule has 3 fully saturated rings. The van der Waals surface area contributed by atoms with Crippen molar-refractivity contribution >= 4 is 17.7 Å². The molecule has 178 valence electrons. The van der Waals surface area contributed by atoms with Gasteiger partial charge in [0.2, 0.25) is 11.8 Å². The fourth-order valence-corrected chi connectivity index (χ4v) is 5.38. The summed E-state index contributed by atoms with van der Waals surface area (Å²) in [6.45, 7) is 5.16. The van der Waals surface area contributed by atoms with Crippen molar-refractivity contribution in [3.8, 4) is 5.75 Å². The monoisotopic (exact) mass is 455 g/mol. The quantitative estimate of drug-likeness (QED) is 0.504. The summed E-state index contributed by atoms with van der Waals surface area (Å²) in [4.78, 5) is 38.3. The molecule has 33 heavy (non-hydrogen) atoms. The molecule has 8 heteroatoms. The summed E-state index contributed by atoms with van der Waals surface area (Å²) in [5.74, 6) is -0.0529. The maximum absolute atomic E-state index is 12.9.